The third kappa shape index (κ3) is 3.43. The standard InChI is InChI=1S/C20H23N5O3/c1-2-18(26)17-11-14-12-23(9-10-25(14)22-17)19(27)7-8-24-13-21-16-6-4-3-5-15(16)20(24)28/h3-6,11,13,18,26H,2,7-10,12H2,1H3. The molecule has 1 atom stereocenters. The zero-order valence-electron chi connectivity index (χ0n) is 15.8. The molecule has 1 aliphatic heterocycles. The first-order valence-electron chi connectivity index (χ1n) is 9.53. The lowest BCUT2D eigenvalue weighted by atomic mass is 10.2. The third-order valence-electron chi connectivity index (χ3n) is 5.20. The number of para-hydroxylation sites is 1. The van der Waals surface area contributed by atoms with Crippen molar-refractivity contribution in [2.45, 2.75) is 45.5 Å². The van der Waals surface area contributed by atoms with Crippen LogP contribution in [0.5, 0.6) is 0 Å². The maximum absolute atomic E-state index is 12.7. The van der Waals surface area contributed by atoms with Gasteiger partial charge < -0.3 is 10.0 Å². The summed E-state index contributed by atoms with van der Waals surface area (Å²) in [6, 6.07) is 9.06. The number of nitrogens with zero attached hydrogens (tertiary/aromatic N) is 5. The molecule has 2 aromatic heterocycles. The number of aliphatic hydroxyl groups is 1. The van der Waals surface area contributed by atoms with E-state index in [0.717, 1.165) is 5.69 Å². The molecule has 0 aliphatic carbocycles. The molecular formula is C20H23N5O3. The van der Waals surface area contributed by atoms with Gasteiger partial charge >= 0.3 is 0 Å². The number of carbonyl (C=O) groups is 1. The molecule has 28 heavy (non-hydrogen) atoms. The first kappa shape index (κ1) is 18.4. The molecule has 1 unspecified atom stereocenters. The van der Waals surface area contributed by atoms with Gasteiger partial charge in [0.15, 0.2) is 0 Å². The van der Waals surface area contributed by atoms with E-state index in [9.17, 15) is 14.7 Å². The van der Waals surface area contributed by atoms with Crippen LogP contribution in [0.15, 0.2) is 41.5 Å². The van der Waals surface area contributed by atoms with E-state index in [2.05, 4.69) is 10.1 Å². The Kier molecular flexibility index (Phi) is 4.95. The van der Waals surface area contributed by atoms with E-state index < -0.39 is 6.10 Å². The van der Waals surface area contributed by atoms with Crippen molar-refractivity contribution in [1.82, 2.24) is 24.2 Å². The molecule has 0 fully saturated rings. The number of aromatic nitrogens is 4. The molecule has 0 spiro atoms. The van der Waals surface area contributed by atoms with E-state index in [1.807, 2.05) is 29.8 Å². The van der Waals surface area contributed by atoms with Crippen LogP contribution in [0, 0.1) is 0 Å². The Morgan fingerprint density at radius 1 is 1.29 bits per heavy atom. The second kappa shape index (κ2) is 7.55. The maximum Gasteiger partial charge on any atom is 0.261 e. The van der Waals surface area contributed by atoms with E-state index in [0.29, 0.717) is 49.2 Å². The Hall–Kier alpha value is -3.00. The Labute approximate surface area is 162 Å². The summed E-state index contributed by atoms with van der Waals surface area (Å²) >= 11 is 0. The normalized spacial score (nSPS) is 14.9. The molecule has 1 aliphatic rings. The topological polar surface area (TPSA) is 93.2 Å². The predicted molar refractivity (Wildman–Crippen MR) is 104 cm³/mol. The van der Waals surface area contributed by atoms with Crippen LogP contribution < -0.4 is 5.56 Å². The van der Waals surface area contributed by atoms with Gasteiger partial charge in [-0.1, -0.05) is 19.1 Å². The smallest absolute Gasteiger partial charge is 0.261 e. The van der Waals surface area contributed by atoms with Crippen LogP contribution in [0.2, 0.25) is 0 Å². The van der Waals surface area contributed by atoms with Crippen LogP contribution in [-0.2, 0) is 24.4 Å². The zero-order valence-corrected chi connectivity index (χ0v) is 15.8. The average molecular weight is 381 g/mol. The molecule has 1 aromatic carbocycles. The molecule has 1 N–H and O–H groups in total. The van der Waals surface area contributed by atoms with Crippen molar-refractivity contribution in [3.63, 3.8) is 0 Å². The van der Waals surface area contributed by atoms with Crippen LogP contribution in [-0.4, -0.2) is 41.8 Å². The minimum atomic E-state index is -0.575. The monoisotopic (exact) mass is 381 g/mol. The van der Waals surface area contributed by atoms with E-state index in [1.165, 1.54) is 10.9 Å². The van der Waals surface area contributed by atoms with Crippen LogP contribution in [0.25, 0.3) is 10.9 Å². The molecule has 0 saturated heterocycles. The van der Waals surface area contributed by atoms with Gasteiger partial charge in [-0.25, -0.2) is 4.98 Å². The summed E-state index contributed by atoms with van der Waals surface area (Å²) in [6.45, 7) is 3.84. The second-order valence-corrected chi connectivity index (χ2v) is 7.03. The maximum atomic E-state index is 12.7. The van der Waals surface area contributed by atoms with Gasteiger partial charge in [0.05, 0.1) is 47.8 Å². The van der Waals surface area contributed by atoms with Crippen molar-refractivity contribution < 1.29 is 9.90 Å². The van der Waals surface area contributed by atoms with Gasteiger partial charge in [0.2, 0.25) is 5.91 Å². The Bertz CT molecular complexity index is 1070. The summed E-state index contributed by atoms with van der Waals surface area (Å²) in [5.74, 6) is -0.00917. The van der Waals surface area contributed by atoms with Gasteiger partial charge in [0, 0.05) is 19.5 Å². The summed E-state index contributed by atoms with van der Waals surface area (Å²) in [6.07, 6.45) is 1.77. The highest BCUT2D eigenvalue weighted by atomic mass is 16.3. The highest BCUT2D eigenvalue weighted by Gasteiger charge is 2.23. The summed E-state index contributed by atoms with van der Waals surface area (Å²) in [4.78, 5) is 31.3. The number of carbonyl (C=O) groups excluding carboxylic acids is 1. The summed E-state index contributed by atoms with van der Waals surface area (Å²) < 4.78 is 3.35. The third-order valence-corrected chi connectivity index (χ3v) is 5.20. The quantitative estimate of drug-likeness (QED) is 0.722. The molecule has 0 bridgehead atoms. The molecule has 8 heteroatoms. The molecule has 8 nitrogen and oxygen atoms in total. The van der Waals surface area contributed by atoms with Gasteiger partial charge in [-0.15, -0.1) is 0 Å². The van der Waals surface area contributed by atoms with Gasteiger partial charge in [-0.05, 0) is 24.6 Å². The summed E-state index contributed by atoms with van der Waals surface area (Å²) in [5, 5.41) is 15.0. The number of amides is 1. The van der Waals surface area contributed by atoms with Crippen LogP contribution in [0.1, 0.15) is 37.3 Å². The van der Waals surface area contributed by atoms with Crippen molar-refractivity contribution in [2.75, 3.05) is 6.54 Å². The highest BCUT2D eigenvalue weighted by molar-refractivity contribution is 5.77. The van der Waals surface area contributed by atoms with Crippen LogP contribution >= 0.6 is 0 Å². The van der Waals surface area contributed by atoms with Gasteiger partial charge in [0.25, 0.3) is 5.56 Å². The van der Waals surface area contributed by atoms with Crippen LogP contribution in [0.4, 0.5) is 0 Å². The largest absolute Gasteiger partial charge is 0.387 e. The number of fused-ring (bicyclic) bond motifs is 2. The van der Waals surface area contributed by atoms with Crippen molar-refractivity contribution in [3.8, 4) is 0 Å². The lowest BCUT2D eigenvalue weighted by Crippen LogP contribution is -2.39. The molecule has 3 heterocycles. The summed E-state index contributed by atoms with van der Waals surface area (Å²) in [7, 11) is 0. The number of aliphatic hydroxyl groups excluding tert-OH is 1. The Morgan fingerprint density at radius 2 is 2.11 bits per heavy atom. The number of rotatable bonds is 5. The molecule has 0 saturated carbocycles. The van der Waals surface area contributed by atoms with Crippen molar-refractivity contribution >= 4 is 16.8 Å². The van der Waals surface area contributed by atoms with Crippen LogP contribution in [0.3, 0.4) is 0 Å². The fraction of sp³-hybridized carbons (Fsp3) is 0.400. The van der Waals surface area contributed by atoms with Crippen molar-refractivity contribution in [2.24, 2.45) is 0 Å². The molecule has 1 amide bonds. The zero-order chi connectivity index (χ0) is 19.7. The minimum absolute atomic E-state index is 0.00917. The fourth-order valence-corrected chi connectivity index (χ4v) is 3.51. The number of hydrogen-bond acceptors (Lipinski definition) is 5. The SMILES string of the molecule is CCC(O)c1cc2n(n1)CCN(C(=O)CCn1cnc3ccccc3c1=O)C2. The van der Waals surface area contributed by atoms with Crippen molar-refractivity contribution in [1.29, 1.82) is 0 Å². The van der Waals surface area contributed by atoms with Gasteiger partial charge in [0.1, 0.15) is 0 Å². The molecule has 4 rings (SSSR count). The molecular weight excluding hydrogens is 358 g/mol. The van der Waals surface area contributed by atoms with Gasteiger partial charge in [-0.3, -0.25) is 18.8 Å². The molecule has 146 valence electrons. The molecule has 3 aromatic rings. The molecule has 0 radical (unpaired) electrons. The highest BCUT2D eigenvalue weighted by Crippen LogP contribution is 2.20. The first-order valence-corrected chi connectivity index (χ1v) is 9.53. The Balaban J connectivity index is 1.43. The van der Waals surface area contributed by atoms with E-state index in [-0.39, 0.29) is 17.9 Å². The Morgan fingerprint density at radius 3 is 2.93 bits per heavy atom. The summed E-state index contributed by atoms with van der Waals surface area (Å²) in [5.41, 5.74) is 2.10. The lowest BCUT2D eigenvalue weighted by Gasteiger charge is -2.27. The van der Waals surface area contributed by atoms with E-state index in [1.54, 1.807) is 17.0 Å². The van der Waals surface area contributed by atoms with E-state index in [4.69, 9.17) is 0 Å². The fourth-order valence-electron chi connectivity index (χ4n) is 3.51. The number of benzene rings is 1. The van der Waals surface area contributed by atoms with E-state index >= 15 is 0 Å². The first-order chi connectivity index (χ1) is 13.6. The predicted octanol–water partition coefficient (Wildman–Crippen LogP) is 1.47. The average Bonchev–Trinajstić information content (AvgIpc) is 3.16. The number of hydrogen-bond donors (Lipinski definition) is 1. The second-order valence-electron chi connectivity index (χ2n) is 7.03. The number of aryl methyl sites for hydroxylation is 1. The lowest BCUT2D eigenvalue weighted by molar-refractivity contribution is -0.133. The van der Waals surface area contributed by atoms with Gasteiger partial charge in [-0.2, -0.15) is 5.10 Å². The minimum Gasteiger partial charge on any atom is -0.387 e. The van der Waals surface area contributed by atoms with Crippen molar-refractivity contribution in [3.05, 3.63) is 58.4 Å².